The van der Waals surface area contributed by atoms with Gasteiger partial charge in [-0.25, -0.2) is 0 Å². The lowest BCUT2D eigenvalue weighted by atomic mass is 10.0. The topological polar surface area (TPSA) is 98.2 Å². The van der Waals surface area contributed by atoms with E-state index in [4.69, 9.17) is 33.6 Å². The van der Waals surface area contributed by atoms with E-state index >= 15 is 0 Å². The van der Waals surface area contributed by atoms with Crippen LogP contribution in [0.2, 0.25) is 11.7 Å². The average molecular weight is 411 g/mol. The van der Waals surface area contributed by atoms with Crippen LogP contribution in [0.4, 0.5) is 0 Å². The summed E-state index contributed by atoms with van der Waals surface area (Å²) in [5.41, 5.74) is 12.6. The second kappa shape index (κ2) is 14.2. The standard InChI is InChI=1S/C17H42N2O5Si2/c1-7-20-25(21-8-2,14-16(6)17(19)12-13-18)15-26(22-9-3,23-10-4)24-11-5/h16-17H,7-15,18-19H2,1-6H3. The molecule has 0 aromatic rings. The number of hydrogen-bond acceptors (Lipinski definition) is 7. The van der Waals surface area contributed by atoms with Crippen LogP contribution in [0.5, 0.6) is 0 Å². The van der Waals surface area contributed by atoms with Crippen LogP contribution < -0.4 is 11.5 Å². The second-order valence-electron chi connectivity index (χ2n) is 6.36. The van der Waals surface area contributed by atoms with Crippen LogP contribution >= 0.6 is 0 Å². The minimum Gasteiger partial charge on any atom is -0.394 e. The third-order valence-corrected chi connectivity index (χ3v) is 13.2. The van der Waals surface area contributed by atoms with Gasteiger partial charge >= 0.3 is 17.4 Å². The Kier molecular flexibility index (Phi) is 14.3. The third-order valence-electron chi connectivity index (χ3n) is 4.26. The van der Waals surface area contributed by atoms with Crippen molar-refractivity contribution in [3.05, 3.63) is 0 Å². The summed E-state index contributed by atoms with van der Waals surface area (Å²) in [7, 11) is -5.51. The molecule has 0 aliphatic carbocycles. The zero-order valence-corrected chi connectivity index (χ0v) is 19.7. The van der Waals surface area contributed by atoms with E-state index in [-0.39, 0.29) is 12.0 Å². The first kappa shape index (κ1) is 26.2. The average Bonchev–Trinajstić information content (AvgIpc) is 2.56. The minimum absolute atomic E-state index is 0.0233. The highest BCUT2D eigenvalue weighted by Crippen LogP contribution is 2.32. The van der Waals surface area contributed by atoms with Gasteiger partial charge < -0.3 is 33.6 Å². The van der Waals surface area contributed by atoms with Gasteiger partial charge in [0.2, 0.25) is 0 Å². The van der Waals surface area contributed by atoms with Gasteiger partial charge in [0, 0.05) is 39.1 Å². The van der Waals surface area contributed by atoms with Gasteiger partial charge in [-0.15, -0.1) is 0 Å². The first-order chi connectivity index (χ1) is 12.4. The van der Waals surface area contributed by atoms with Crippen molar-refractivity contribution in [2.75, 3.05) is 39.6 Å². The Labute approximate surface area is 162 Å². The molecule has 26 heavy (non-hydrogen) atoms. The molecule has 158 valence electrons. The van der Waals surface area contributed by atoms with E-state index in [9.17, 15) is 0 Å². The fourth-order valence-corrected chi connectivity index (χ4v) is 12.7. The molecule has 0 bridgehead atoms. The molecule has 4 N–H and O–H groups in total. The molecule has 0 aliphatic rings. The van der Waals surface area contributed by atoms with Gasteiger partial charge in [-0.05, 0) is 59.5 Å². The van der Waals surface area contributed by atoms with Crippen LogP contribution in [-0.2, 0) is 22.1 Å². The van der Waals surface area contributed by atoms with Crippen molar-refractivity contribution in [3.8, 4) is 0 Å². The van der Waals surface area contributed by atoms with E-state index < -0.39 is 17.4 Å². The van der Waals surface area contributed by atoms with E-state index in [1.165, 1.54) is 0 Å². The Bertz CT molecular complexity index is 330. The summed E-state index contributed by atoms with van der Waals surface area (Å²) in [5, 5.41) is 0. The largest absolute Gasteiger partial charge is 0.502 e. The van der Waals surface area contributed by atoms with E-state index in [1.54, 1.807) is 0 Å². The lowest BCUT2D eigenvalue weighted by molar-refractivity contribution is 0.0697. The van der Waals surface area contributed by atoms with Crippen LogP contribution in [0, 0.1) is 5.92 Å². The molecule has 0 fully saturated rings. The van der Waals surface area contributed by atoms with Crippen molar-refractivity contribution < 1.29 is 22.1 Å². The van der Waals surface area contributed by atoms with Crippen LogP contribution in [0.25, 0.3) is 0 Å². The molecule has 0 heterocycles. The highest BCUT2D eigenvalue weighted by molar-refractivity contribution is 6.83. The molecule has 0 aromatic heterocycles. The van der Waals surface area contributed by atoms with Crippen molar-refractivity contribution in [1.82, 2.24) is 0 Å². The Morgan fingerprint density at radius 1 is 0.769 bits per heavy atom. The summed E-state index contributed by atoms with van der Waals surface area (Å²) in [4.78, 5) is 0. The highest BCUT2D eigenvalue weighted by atomic mass is 28.4. The monoisotopic (exact) mass is 410 g/mol. The smallest absolute Gasteiger partial charge is 0.394 e. The summed E-state index contributed by atoms with van der Waals surface area (Å²) in [6.07, 6.45) is 0.787. The summed E-state index contributed by atoms with van der Waals surface area (Å²) in [5.74, 6) is 0.236. The molecule has 9 heteroatoms. The molecule has 0 saturated carbocycles. The van der Waals surface area contributed by atoms with Crippen LogP contribution in [0.1, 0.15) is 48.0 Å². The SMILES string of the molecule is CCO[Si](CC(C)C(N)CCN)(C[Si](OCC)(OCC)OCC)OCC. The maximum atomic E-state index is 6.32. The third kappa shape index (κ3) is 8.90. The summed E-state index contributed by atoms with van der Waals surface area (Å²) < 4.78 is 30.8. The molecule has 0 aliphatic heterocycles. The maximum Gasteiger partial charge on any atom is 0.502 e. The Morgan fingerprint density at radius 3 is 1.54 bits per heavy atom. The fourth-order valence-electron chi connectivity index (χ4n) is 3.25. The van der Waals surface area contributed by atoms with Gasteiger partial charge in [0.15, 0.2) is 0 Å². The van der Waals surface area contributed by atoms with Gasteiger partial charge in [-0.3, -0.25) is 0 Å². The zero-order chi connectivity index (χ0) is 20.1. The summed E-state index contributed by atoms with van der Waals surface area (Å²) in [6, 6.07) is 0.799. The Balaban J connectivity index is 5.64. The van der Waals surface area contributed by atoms with Crippen molar-refractivity contribution in [1.29, 1.82) is 0 Å². The Morgan fingerprint density at radius 2 is 1.19 bits per heavy atom. The molecule has 0 radical (unpaired) electrons. The lowest BCUT2D eigenvalue weighted by Crippen LogP contribution is -2.58. The molecule has 0 amide bonds. The van der Waals surface area contributed by atoms with Crippen LogP contribution in [-0.4, -0.2) is 63.0 Å². The molecule has 2 atom stereocenters. The molecule has 0 rings (SSSR count). The second-order valence-corrected chi connectivity index (χ2v) is 12.8. The Hall–Kier alpha value is 0.154. The molecule has 0 saturated heterocycles. The van der Waals surface area contributed by atoms with Crippen LogP contribution in [0.15, 0.2) is 0 Å². The molecule has 0 aromatic carbocycles. The normalized spacial score (nSPS) is 15.2. The highest BCUT2D eigenvalue weighted by Gasteiger charge is 2.54. The fraction of sp³-hybridized carbons (Fsp3) is 1.00. The lowest BCUT2D eigenvalue weighted by Gasteiger charge is -2.39. The maximum absolute atomic E-state index is 6.32. The van der Waals surface area contributed by atoms with E-state index in [0.717, 1.165) is 12.5 Å². The number of rotatable bonds is 17. The molecular weight excluding hydrogens is 368 g/mol. The predicted molar refractivity (Wildman–Crippen MR) is 110 cm³/mol. The van der Waals surface area contributed by atoms with Crippen molar-refractivity contribution in [3.63, 3.8) is 0 Å². The van der Waals surface area contributed by atoms with Crippen molar-refractivity contribution >= 4 is 17.4 Å². The molecule has 0 spiro atoms. The summed E-state index contributed by atoms with van der Waals surface area (Å²) >= 11 is 0. The van der Waals surface area contributed by atoms with Gasteiger partial charge in [0.1, 0.15) is 0 Å². The van der Waals surface area contributed by atoms with Crippen molar-refractivity contribution in [2.45, 2.75) is 65.7 Å². The molecular formula is C17H42N2O5Si2. The minimum atomic E-state index is -2.88. The van der Waals surface area contributed by atoms with Crippen molar-refractivity contribution in [2.24, 2.45) is 17.4 Å². The molecule has 2 unspecified atom stereocenters. The van der Waals surface area contributed by atoms with Gasteiger partial charge in [-0.1, -0.05) is 6.92 Å². The zero-order valence-electron chi connectivity index (χ0n) is 17.7. The van der Waals surface area contributed by atoms with Gasteiger partial charge in [0.05, 0.1) is 5.67 Å². The van der Waals surface area contributed by atoms with E-state index in [1.807, 2.05) is 34.6 Å². The quantitative estimate of drug-likeness (QED) is 0.355. The van der Waals surface area contributed by atoms with Gasteiger partial charge in [0.25, 0.3) is 0 Å². The number of nitrogens with two attached hydrogens (primary N) is 2. The van der Waals surface area contributed by atoms with E-state index in [2.05, 4.69) is 6.92 Å². The molecule has 7 nitrogen and oxygen atoms in total. The predicted octanol–water partition coefficient (Wildman–Crippen LogP) is 2.40. The number of hydrogen-bond donors (Lipinski definition) is 2. The van der Waals surface area contributed by atoms with Crippen LogP contribution in [0.3, 0.4) is 0 Å². The van der Waals surface area contributed by atoms with Gasteiger partial charge in [-0.2, -0.15) is 0 Å². The van der Waals surface area contributed by atoms with E-state index in [0.29, 0.717) is 45.2 Å². The summed E-state index contributed by atoms with van der Waals surface area (Å²) in [6.45, 7) is 15.4. The first-order valence-corrected chi connectivity index (χ1v) is 14.2. The first-order valence-electron chi connectivity index (χ1n) is 10.0.